The SMILES string of the molecule is CN1CC23c4c5c6c7c8c9c(c%10c%11c2c2c4c4c%12c5c5c6c6c8c8c%13c9c9c%10c%10c%11c%11c2c2c4c4c%12c%12c5c5c6c8c6c8c%13c9c9c%10c%10c%11c2c2c4c4c%12c5c6c5c8c9c%10c2c45)C73C1c1ccc(C#Cc2ccc(-c3c4nc(c(-c5cc(C(C)(C)C)cc(C(C)(C)C)c5)c5ccc([nH]5)c(-c5cc(C(C)(C)C)cc(C(C)(C)C)c5)c5nc(c(-c6cc(C(C)(C)C)cc(C(C)(C)C)c6)c6ccc3[nH]6)C=C5)C=C4)cc2)cc1. The van der Waals surface area contributed by atoms with Crippen LogP contribution in [0.25, 0.3) is 382 Å². The molecule has 0 saturated carbocycles. The Morgan fingerprint density at radius 3 is 0.646 bits per heavy atom. The summed E-state index contributed by atoms with van der Waals surface area (Å²) in [5, 5.41) is 88.6. The Labute approximate surface area is 822 Å². The van der Waals surface area contributed by atoms with Gasteiger partial charge in [-0.25, -0.2) is 9.97 Å². The van der Waals surface area contributed by atoms with E-state index in [1.807, 2.05) is 0 Å². The molecule has 7 aliphatic rings. The van der Waals surface area contributed by atoms with Crippen LogP contribution in [0.15, 0.2) is 127 Å². The largest absolute Gasteiger partial charge is 0.354 e. The molecule has 2 spiro atoms. The number of likely N-dealkylation sites (tertiary alicyclic amines) is 1. The summed E-state index contributed by atoms with van der Waals surface area (Å²) < 4.78 is 0. The van der Waals surface area contributed by atoms with Gasteiger partial charge < -0.3 is 9.97 Å². The lowest BCUT2D eigenvalue weighted by Crippen LogP contribution is -2.51. The first-order valence-electron chi connectivity index (χ1n) is 53.1. The van der Waals surface area contributed by atoms with Gasteiger partial charge in [-0.3, -0.25) is 4.90 Å². The van der Waals surface area contributed by atoms with Gasteiger partial charge in [-0.2, -0.15) is 0 Å². The van der Waals surface area contributed by atoms with E-state index in [9.17, 15) is 0 Å². The Bertz CT molecular complexity index is 12100. The first kappa shape index (κ1) is 72.9. The molecule has 1 fully saturated rings. The van der Waals surface area contributed by atoms with E-state index in [1.54, 1.807) is 313 Å². The van der Waals surface area contributed by atoms with Crippen LogP contribution < -0.4 is 0 Å². The van der Waals surface area contributed by atoms with Gasteiger partial charge in [0.25, 0.3) is 0 Å². The van der Waals surface area contributed by atoms with Crippen LogP contribution in [0.2, 0.25) is 0 Å². The van der Waals surface area contributed by atoms with E-state index in [2.05, 4.69) is 310 Å². The van der Waals surface area contributed by atoms with Crippen molar-refractivity contribution in [2.45, 2.75) is 174 Å². The highest BCUT2D eigenvalue weighted by Crippen LogP contribution is 2.87. The number of benzene rings is 23. The number of rotatable bonds is 5. The van der Waals surface area contributed by atoms with Crippen LogP contribution in [-0.4, -0.2) is 38.4 Å². The Kier molecular flexibility index (Phi) is 10.1. The van der Waals surface area contributed by atoms with Crippen LogP contribution >= 0.6 is 0 Å². The van der Waals surface area contributed by atoms with Crippen molar-refractivity contribution >= 4 is 337 Å². The van der Waals surface area contributed by atoms with E-state index in [0.717, 1.165) is 107 Å². The van der Waals surface area contributed by atoms with Crippen molar-refractivity contribution in [3.05, 3.63) is 222 Å². The minimum absolute atomic E-state index is 0.0105. The van der Waals surface area contributed by atoms with Crippen LogP contribution in [0.1, 0.15) is 226 Å². The fourth-order valence-electron chi connectivity index (χ4n) is 36.5. The fourth-order valence-corrected chi connectivity index (χ4v) is 36.5. The smallest absolute Gasteiger partial charge is 0.0737 e. The van der Waals surface area contributed by atoms with Crippen molar-refractivity contribution < 1.29 is 0 Å². The summed E-state index contributed by atoms with van der Waals surface area (Å²) in [6.45, 7) is 43.1. The summed E-state index contributed by atoms with van der Waals surface area (Å²) in [5.74, 6) is 7.69. The molecular weight excluding hydrogens is 1740 g/mol. The van der Waals surface area contributed by atoms with Gasteiger partial charge in [-0.1, -0.05) is 215 Å². The molecule has 3 aromatic heterocycles. The average molecular weight is 1830 g/mol. The summed E-state index contributed by atoms with van der Waals surface area (Å²) in [4.78, 5) is 23.4. The second-order valence-electron chi connectivity index (χ2n) is 53.6. The molecule has 4 aliphatic carbocycles. The highest BCUT2D eigenvalue weighted by molar-refractivity contribution is 6.82. The Balaban J connectivity index is 0.527. The van der Waals surface area contributed by atoms with Gasteiger partial charge in [0, 0.05) is 68.0 Å². The molecule has 36 aromatic rings. The van der Waals surface area contributed by atoms with Crippen molar-refractivity contribution in [2.24, 2.45) is 0 Å². The lowest BCUT2D eigenvalue weighted by Gasteiger charge is -2.52. The predicted molar refractivity (Wildman–Crippen MR) is 614 cm³/mol. The maximum atomic E-state index is 6.00. The van der Waals surface area contributed by atoms with Crippen LogP contribution in [0.5, 0.6) is 0 Å². The summed E-state index contributed by atoms with van der Waals surface area (Å²) in [5.41, 5.74) is 32.4. The van der Waals surface area contributed by atoms with Gasteiger partial charge in [0.1, 0.15) is 0 Å². The Hall–Kier alpha value is -15.3. The highest BCUT2D eigenvalue weighted by Gasteiger charge is 2.76. The van der Waals surface area contributed by atoms with Crippen LogP contribution in [0.3, 0.4) is 0 Å². The van der Waals surface area contributed by atoms with Crippen molar-refractivity contribution in [3.8, 4) is 56.3 Å². The molecule has 1 unspecified atom stereocenters. The van der Waals surface area contributed by atoms with Crippen molar-refractivity contribution in [3.63, 3.8) is 0 Å². The third kappa shape index (κ3) is 6.43. The molecule has 1 saturated heterocycles. The molecule has 33 aromatic carbocycles. The number of aromatic amines is 2. The van der Waals surface area contributed by atoms with Gasteiger partial charge in [0.15, 0.2) is 0 Å². The van der Waals surface area contributed by atoms with E-state index in [4.69, 9.17) is 9.97 Å². The first-order valence-corrected chi connectivity index (χ1v) is 53.1. The highest BCUT2D eigenvalue weighted by atomic mass is 15.2. The van der Waals surface area contributed by atoms with Crippen molar-refractivity contribution in [1.82, 2.24) is 24.8 Å². The lowest BCUT2D eigenvalue weighted by atomic mass is 9.47. The maximum absolute atomic E-state index is 6.00. The number of H-pyrrole nitrogens is 2. The molecule has 8 bridgehead atoms. The molecule has 0 radical (unpaired) electrons. The number of likely N-dealkylation sites (N-methyl/N-ethyl adjacent to an activating group) is 1. The molecule has 3 aliphatic heterocycles. The monoisotopic (exact) mass is 1830 g/mol. The fraction of sp³-hybridized carbons (Fsp3) is 0.209. The molecule has 5 nitrogen and oxygen atoms in total. The molecule has 43 rings (SSSR count). The van der Waals surface area contributed by atoms with E-state index < -0.39 is 5.41 Å². The molecule has 144 heavy (non-hydrogen) atoms. The lowest BCUT2D eigenvalue weighted by molar-refractivity contribution is 0.271. The van der Waals surface area contributed by atoms with E-state index in [-0.39, 0.29) is 43.9 Å². The van der Waals surface area contributed by atoms with Crippen LogP contribution in [0, 0.1) is 11.8 Å². The Morgan fingerprint density at radius 2 is 0.431 bits per heavy atom. The summed E-state index contributed by atoms with van der Waals surface area (Å²) in [6, 6.07) is 50.2. The number of fused-ring (bicyclic) bond motifs is 8. The molecule has 6 heterocycles. The maximum Gasteiger partial charge on any atom is 0.0737 e. The molecule has 5 heteroatoms. The van der Waals surface area contributed by atoms with Gasteiger partial charge in [-0.05, 0) is 487 Å². The van der Waals surface area contributed by atoms with Gasteiger partial charge in [0.2, 0.25) is 0 Å². The van der Waals surface area contributed by atoms with Gasteiger partial charge in [0.05, 0.1) is 33.6 Å². The van der Waals surface area contributed by atoms with E-state index in [1.165, 1.54) is 38.9 Å². The number of hydrogen-bond donors (Lipinski definition) is 2. The minimum atomic E-state index is -0.465. The predicted octanol–water partition coefficient (Wildman–Crippen LogP) is 36.8. The summed E-state index contributed by atoms with van der Waals surface area (Å²) in [7, 11) is 2.59. The molecule has 668 valence electrons. The zero-order chi connectivity index (χ0) is 94.7. The van der Waals surface area contributed by atoms with E-state index >= 15 is 0 Å². The minimum Gasteiger partial charge on any atom is -0.354 e. The Morgan fingerprint density at radius 1 is 0.236 bits per heavy atom. The standard InChI is InChI=1S/C139H87N5/c1-132(2,3)55-38-52(39-56(44-55)133(4,5)6)70-63-32-30-61(140-63)69(62-31-33-64(141-62)71(53-40-57(134(7,8)9)45-58(41-53)135(10,11)12)66-35-37-68(143-66)72(67-36-34-65(70)142-67)54-42-59(136(13,14)15)46-60(43-54)137(16,17)18)50-26-22-48(23-27-50)20-21-49-24-28-51(29-25-49)131-139-129-123-117-107-95-87-79-75-73-74-77-81(79)89(95)99-93-85(77)86-78(74)82-80-76(73)84-83(75)91-97(87)105-111-101(91)102-92(84)98-88(80)96-90(82)100-94(86)104-103(93)115(109(99)117)125(129)126-116(104)110(100)118-108(96)114-106(98)112(102)120-119(111)127(121(123)113(105)107)138(139,47-144(131)19)128(120)122(114)124(118)130(126)139/h22-46,131,140,143H,47H2,1-19H3. The third-order valence-corrected chi connectivity index (χ3v) is 41.3. The van der Waals surface area contributed by atoms with Crippen LogP contribution in [-0.2, 0) is 43.3 Å². The second-order valence-corrected chi connectivity index (χ2v) is 53.6. The zero-order valence-corrected chi connectivity index (χ0v) is 83.6. The zero-order valence-electron chi connectivity index (χ0n) is 83.6. The summed E-state index contributed by atoms with van der Waals surface area (Å²) >= 11 is 0. The normalized spacial score (nSPS) is 18.6. The molecule has 1 atom stereocenters. The molecule has 0 amide bonds. The van der Waals surface area contributed by atoms with Crippen LogP contribution in [0.4, 0.5) is 0 Å². The number of aromatic nitrogens is 4. The van der Waals surface area contributed by atoms with Crippen molar-refractivity contribution in [1.29, 1.82) is 0 Å². The summed E-state index contributed by atoms with van der Waals surface area (Å²) in [6.07, 6.45) is 9.10. The van der Waals surface area contributed by atoms with Gasteiger partial charge in [-0.15, -0.1) is 0 Å². The molecule has 2 N–H and O–H groups in total. The van der Waals surface area contributed by atoms with Crippen molar-refractivity contribution in [2.75, 3.05) is 13.6 Å². The topological polar surface area (TPSA) is 60.6 Å². The quantitative estimate of drug-likeness (QED) is 0.133. The van der Waals surface area contributed by atoms with Gasteiger partial charge >= 0.3 is 0 Å². The number of nitrogens with zero attached hydrogens (tertiary/aromatic N) is 3. The number of nitrogens with one attached hydrogen (secondary N) is 2. The third-order valence-electron chi connectivity index (χ3n) is 41.3. The molecular formula is C139H87N5. The second kappa shape index (κ2) is 20.0. The van der Waals surface area contributed by atoms with E-state index in [0.29, 0.717) is 0 Å². The first-order chi connectivity index (χ1) is 69.2. The average Bonchev–Trinajstić information content (AvgIpc) is 1.38. The number of hydrogen-bond acceptors (Lipinski definition) is 3.